The van der Waals surface area contributed by atoms with Gasteiger partial charge in [0.15, 0.2) is 0 Å². The Bertz CT molecular complexity index is 419. The molecule has 1 aromatic rings. The number of benzene rings is 1. The Morgan fingerprint density at radius 2 is 2.19 bits per heavy atom. The summed E-state index contributed by atoms with van der Waals surface area (Å²) in [4.78, 5) is 13.9. The third-order valence-electron chi connectivity index (χ3n) is 3.56. The number of rotatable bonds is 7. The maximum absolute atomic E-state index is 11.6. The zero-order valence-corrected chi connectivity index (χ0v) is 12.7. The van der Waals surface area contributed by atoms with Crippen molar-refractivity contribution in [3.05, 3.63) is 35.9 Å². The first-order valence-electron chi connectivity index (χ1n) is 7.58. The second-order valence-corrected chi connectivity index (χ2v) is 5.54. The summed E-state index contributed by atoms with van der Waals surface area (Å²) in [5.41, 5.74) is 1.31. The van der Waals surface area contributed by atoms with Gasteiger partial charge in [-0.2, -0.15) is 0 Å². The molecule has 1 aromatic carbocycles. The molecule has 1 fully saturated rings. The summed E-state index contributed by atoms with van der Waals surface area (Å²) in [6, 6.07) is 10.5. The Kier molecular flexibility index (Phi) is 6.50. The Hall–Kier alpha value is -1.59. The van der Waals surface area contributed by atoms with Crippen LogP contribution in [0.5, 0.6) is 0 Å². The van der Waals surface area contributed by atoms with Crippen molar-refractivity contribution in [1.82, 2.24) is 15.5 Å². The van der Waals surface area contributed by atoms with E-state index < -0.39 is 0 Å². The largest absolute Gasteiger partial charge is 0.379 e. The number of carbonyl (C=O) groups excluding carboxylic acids is 1. The van der Waals surface area contributed by atoms with Crippen LogP contribution in [0.1, 0.15) is 18.4 Å². The SMILES string of the molecule is CN(CCCNC(=O)NC1CCOC1)Cc1ccccc1. The molecule has 21 heavy (non-hydrogen) atoms. The highest BCUT2D eigenvalue weighted by Gasteiger charge is 2.17. The van der Waals surface area contributed by atoms with Crippen LogP contribution in [0.15, 0.2) is 30.3 Å². The summed E-state index contributed by atoms with van der Waals surface area (Å²) >= 11 is 0. The zero-order valence-electron chi connectivity index (χ0n) is 12.7. The molecule has 5 heteroatoms. The summed E-state index contributed by atoms with van der Waals surface area (Å²) < 4.78 is 5.22. The number of nitrogens with one attached hydrogen (secondary N) is 2. The van der Waals surface area contributed by atoms with Gasteiger partial charge in [-0.1, -0.05) is 30.3 Å². The van der Waals surface area contributed by atoms with Crippen LogP contribution in [0.3, 0.4) is 0 Å². The van der Waals surface area contributed by atoms with Crippen molar-refractivity contribution in [3.63, 3.8) is 0 Å². The summed E-state index contributed by atoms with van der Waals surface area (Å²) in [7, 11) is 2.10. The van der Waals surface area contributed by atoms with Gasteiger partial charge in [-0.25, -0.2) is 4.79 Å². The predicted octanol–water partition coefficient (Wildman–Crippen LogP) is 1.60. The van der Waals surface area contributed by atoms with Gasteiger partial charge in [0.1, 0.15) is 0 Å². The van der Waals surface area contributed by atoms with Gasteiger partial charge in [0.2, 0.25) is 0 Å². The lowest BCUT2D eigenvalue weighted by Crippen LogP contribution is -2.43. The molecule has 2 rings (SSSR count). The third-order valence-corrected chi connectivity index (χ3v) is 3.56. The van der Waals surface area contributed by atoms with Gasteiger partial charge >= 0.3 is 6.03 Å². The molecule has 1 saturated heterocycles. The fraction of sp³-hybridized carbons (Fsp3) is 0.562. The molecular formula is C16H25N3O2. The van der Waals surface area contributed by atoms with Crippen molar-refractivity contribution in [1.29, 1.82) is 0 Å². The van der Waals surface area contributed by atoms with Gasteiger partial charge in [-0.15, -0.1) is 0 Å². The normalized spacial score (nSPS) is 17.9. The highest BCUT2D eigenvalue weighted by molar-refractivity contribution is 5.74. The Morgan fingerprint density at radius 1 is 1.38 bits per heavy atom. The molecule has 5 nitrogen and oxygen atoms in total. The van der Waals surface area contributed by atoms with Crippen LogP contribution in [-0.4, -0.2) is 50.3 Å². The molecule has 0 aromatic heterocycles. The summed E-state index contributed by atoms with van der Waals surface area (Å²) in [6.45, 7) is 3.97. The average molecular weight is 291 g/mol. The fourth-order valence-electron chi connectivity index (χ4n) is 2.41. The molecule has 1 atom stereocenters. The minimum Gasteiger partial charge on any atom is -0.379 e. The lowest BCUT2D eigenvalue weighted by atomic mass is 10.2. The van der Waals surface area contributed by atoms with Crippen LogP contribution in [-0.2, 0) is 11.3 Å². The van der Waals surface area contributed by atoms with Gasteiger partial charge < -0.3 is 20.3 Å². The summed E-state index contributed by atoms with van der Waals surface area (Å²) in [5, 5.41) is 5.81. The number of carbonyl (C=O) groups is 1. The molecule has 0 saturated carbocycles. The van der Waals surface area contributed by atoms with Gasteiger partial charge in [0.25, 0.3) is 0 Å². The summed E-state index contributed by atoms with van der Waals surface area (Å²) in [6.07, 6.45) is 1.85. The molecule has 1 heterocycles. The minimum absolute atomic E-state index is 0.0868. The molecule has 0 bridgehead atoms. The molecule has 1 unspecified atom stereocenters. The highest BCUT2D eigenvalue weighted by Crippen LogP contribution is 2.03. The average Bonchev–Trinajstić information content (AvgIpc) is 2.97. The van der Waals surface area contributed by atoms with Gasteiger partial charge in [-0.05, 0) is 32.0 Å². The molecule has 1 aliphatic heterocycles. The van der Waals surface area contributed by atoms with Crippen molar-refractivity contribution in [2.45, 2.75) is 25.4 Å². The molecule has 2 amide bonds. The van der Waals surface area contributed by atoms with Crippen LogP contribution in [0.25, 0.3) is 0 Å². The van der Waals surface area contributed by atoms with Gasteiger partial charge in [0, 0.05) is 19.7 Å². The van der Waals surface area contributed by atoms with Crippen LogP contribution in [0, 0.1) is 0 Å². The molecule has 0 aliphatic carbocycles. The molecule has 0 spiro atoms. The maximum Gasteiger partial charge on any atom is 0.315 e. The van der Waals surface area contributed by atoms with Crippen LogP contribution < -0.4 is 10.6 Å². The standard InChI is InChI=1S/C16H25N3O2/c1-19(12-14-6-3-2-4-7-14)10-5-9-17-16(20)18-15-8-11-21-13-15/h2-4,6-7,15H,5,8-13H2,1H3,(H2,17,18,20). The first-order chi connectivity index (χ1) is 10.2. The predicted molar refractivity (Wildman–Crippen MR) is 83.2 cm³/mol. The van der Waals surface area contributed by atoms with E-state index in [0.717, 1.165) is 32.5 Å². The number of amides is 2. The molecule has 1 aliphatic rings. The molecule has 0 radical (unpaired) electrons. The second-order valence-electron chi connectivity index (χ2n) is 5.54. The lowest BCUT2D eigenvalue weighted by Gasteiger charge is -2.17. The lowest BCUT2D eigenvalue weighted by molar-refractivity contribution is 0.188. The molecule has 116 valence electrons. The number of nitrogens with zero attached hydrogens (tertiary/aromatic N) is 1. The van der Waals surface area contributed by atoms with Crippen molar-refractivity contribution in [2.75, 3.05) is 33.4 Å². The van der Waals surface area contributed by atoms with E-state index in [1.54, 1.807) is 0 Å². The number of urea groups is 1. The van der Waals surface area contributed by atoms with E-state index >= 15 is 0 Å². The van der Waals surface area contributed by atoms with E-state index in [2.05, 4.69) is 46.8 Å². The quantitative estimate of drug-likeness (QED) is 0.750. The number of hydrogen-bond acceptors (Lipinski definition) is 3. The van der Waals surface area contributed by atoms with E-state index in [1.807, 2.05) is 6.07 Å². The van der Waals surface area contributed by atoms with E-state index in [0.29, 0.717) is 13.2 Å². The summed E-state index contributed by atoms with van der Waals surface area (Å²) in [5.74, 6) is 0. The van der Waals surface area contributed by atoms with Crippen LogP contribution in [0.4, 0.5) is 4.79 Å². The monoisotopic (exact) mass is 291 g/mol. The van der Waals surface area contributed by atoms with E-state index in [-0.39, 0.29) is 12.1 Å². The van der Waals surface area contributed by atoms with Crippen molar-refractivity contribution < 1.29 is 9.53 Å². The van der Waals surface area contributed by atoms with Gasteiger partial charge in [0.05, 0.1) is 12.6 Å². The van der Waals surface area contributed by atoms with Crippen molar-refractivity contribution in [2.24, 2.45) is 0 Å². The van der Waals surface area contributed by atoms with E-state index in [9.17, 15) is 4.79 Å². The number of hydrogen-bond donors (Lipinski definition) is 2. The van der Waals surface area contributed by atoms with E-state index in [4.69, 9.17) is 4.74 Å². The Labute approximate surface area is 126 Å². The van der Waals surface area contributed by atoms with E-state index in [1.165, 1.54) is 5.56 Å². The van der Waals surface area contributed by atoms with Crippen molar-refractivity contribution in [3.8, 4) is 0 Å². The maximum atomic E-state index is 11.6. The van der Waals surface area contributed by atoms with Gasteiger partial charge in [-0.3, -0.25) is 0 Å². The second kappa shape index (κ2) is 8.64. The zero-order chi connectivity index (χ0) is 14.9. The van der Waals surface area contributed by atoms with Crippen LogP contribution >= 0.6 is 0 Å². The molecule has 2 N–H and O–H groups in total. The third kappa shape index (κ3) is 6.14. The first-order valence-corrected chi connectivity index (χ1v) is 7.58. The van der Waals surface area contributed by atoms with Crippen LogP contribution in [0.2, 0.25) is 0 Å². The Balaban J connectivity index is 1.53. The fourth-order valence-corrected chi connectivity index (χ4v) is 2.41. The molecular weight excluding hydrogens is 266 g/mol. The smallest absolute Gasteiger partial charge is 0.315 e. The minimum atomic E-state index is -0.0868. The first kappa shape index (κ1) is 15.8. The van der Waals surface area contributed by atoms with Crippen molar-refractivity contribution >= 4 is 6.03 Å². The highest BCUT2D eigenvalue weighted by atomic mass is 16.5. The number of ether oxygens (including phenoxy) is 1. The Morgan fingerprint density at radius 3 is 2.90 bits per heavy atom. The topological polar surface area (TPSA) is 53.6 Å².